The summed E-state index contributed by atoms with van der Waals surface area (Å²) in [5, 5.41) is 10.8. The van der Waals surface area contributed by atoms with Gasteiger partial charge in [0.05, 0.1) is 25.1 Å². The first-order chi connectivity index (χ1) is 8.99. The molecule has 0 saturated carbocycles. The second kappa shape index (κ2) is 6.63. The molecular weight excluding hydrogens is 320 g/mol. The Hall–Kier alpha value is -1.72. The first-order valence-corrected chi connectivity index (χ1v) is 6.11. The Kier molecular flexibility index (Phi) is 5.42. The van der Waals surface area contributed by atoms with Gasteiger partial charge in [0.2, 0.25) is 0 Å². The Morgan fingerprint density at radius 2 is 1.70 bits per heavy atom. The molecule has 0 amide bonds. The van der Waals surface area contributed by atoms with Crippen molar-refractivity contribution in [2.75, 3.05) is 14.1 Å². The van der Waals surface area contributed by atoms with Gasteiger partial charge in [0.25, 0.3) is 5.69 Å². The van der Waals surface area contributed by atoms with Crippen molar-refractivity contribution in [3.8, 4) is 0 Å². The van der Waals surface area contributed by atoms with E-state index in [-0.39, 0.29) is 27.6 Å². The molecule has 106 valence electrons. The maximum absolute atomic E-state index is 10.8. The van der Waals surface area contributed by atoms with E-state index in [1.807, 2.05) is 38.4 Å². The van der Waals surface area contributed by atoms with Gasteiger partial charge in [-0.05, 0) is 12.1 Å². The zero-order valence-corrected chi connectivity index (χ0v) is 13.1. The average Bonchev–Trinajstić information content (AvgIpc) is 2.39. The number of nitro groups is 1. The fourth-order valence-corrected chi connectivity index (χ4v) is 2.11. The van der Waals surface area contributed by atoms with Crippen LogP contribution in [0.5, 0.6) is 0 Å². The molecule has 2 aromatic rings. The third-order valence-corrected chi connectivity index (χ3v) is 3.16. The smallest absolute Gasteiger partial charge is 0.275 e. The van der Waals surface area contributed by atoms with Crippen LogP contribution in [0.1, 0.15) is 5.56 Å². The van der Waals surface area contributed by atoms with Crippen molar-refractivity contribution in [1.29, 1.82) is 0 Å². The molecule has 0 saturated heterocycles. The van der Waals surface area contributed by atoms with Crippen LogP contribution in [-0.4, -0.2) is 19.0 Å². The van der Waals surface area contributed by atoms with Crippen LogP contribution in [0.4, 0.5) is 11.4 Å². The molecule has 0 unspecified atom stereocenters. The predicted molar refractivity (Wildman–Crippen MR) is 76.9 cm³/mol. The fourth-order valence-electron chi connectivity index (χ4n) is 2.11. The van der Waals surface area contributed by atoms with Gasteiger partial charge in [-0.15, -0.1) is 0 Å². The minimum Gasteiger partial charge on any atom is -1.00 e. The number of benzene rings is 2. The summed E-state index contributed by atoms with van der Waals surface area (Å²) in [6.45, 7) is 0.794. The second-order valence-corrected chi connectivity index (χ2v) is 5.11. The van der Waals surface area contributed by atoms with Crippen LogP contribution < -0.4 is 21.5 Å². The molecule has 0 aliphatic heterocycles. The number of hydrogen-bond acceptors (Lipinski definition) is 2. The highest BCUT2D eigenvalue weighted by molar-refractivity contribution is 5.50. The van der Waals surface area contributed by atoms with Crippen LogP contribution in [0, 0.1) is 10.1 Å². The quantitative estimate of drug-likeness (QED) is 0.460. The number of nitro benzene ring substituents is 1. The van der Waals surface area contributed by atoms with Crippen LogP contribution in [0.25, 0.3) is 0 Å². The Labute approximate surface area is 129 Å². The standard InChI is InChI=1S/C15H17N2O2.BrH/c1-17(2,12-13-7-4-3-5-8-13)15-10-6-9-14(11-15)16(18)19;/h3-11H,12H2,1-2H3;1H/q+1;/p-1. The molecule has 0 aromatic heterocycles. The molecule has 5 heteroatoms. The van der Waals surface area contributed by atoms with Crippen molar-refractivity contribution in [2.45, 2.75) is 6.54 Å². The molecule has 4 nitrogen and oxygen atoms in total. The molecule has 0 fully saturated rings. The van der Waals surface area contributed by atoms with Crippen molar-refractivity contribution in [3.63, 3.8) is 0 Å². The van der Waals surface area contributed by atoms with Gasteiger partial charge < -0.3 is 17.0 Å². The highest BCUT2D eigenvalue weighted by atomic mass is 79.9. The lowest BCUT2D eigenvalue weighted by Gasteiger charge is -2.29. The summed E-state index contributed by atoms with van der Waals surface area (Å²) in [5.41, 5.74) is 2.27. The number of quaternary nitrogens is 1. The minimum absolute atomic E-state index is 0. The van der Waals surface area contributed by atoms with Crippen LogP contribution in [0.15, 0.2) is 54.6 Å². The highest BCUT2D eigenvalue weighted by Crippen LogP contribution is 2.26. The van der Waals surface area contributed by atoms with Gasteiger partial charge >= 0.3 is 0 Å². The molecule has 2 rings (SSSR count). The summed E-state index contributed by atoms with van der Waals surface area (Å²) >= 11 is 0. The minimum atomic E-state index is -0.355. The normalized spacial score (nSPS) is 10.7. The van der Waals surface area contributed by atoms with E-state index in [4.69, 9.17) is 0 Å². The van der Waals surface area contributed by atoms with E-state index < -0.39 is 0 Å². The van der Waals surface area contributed by atoms with E-state index >= 15 is 0 Å². The van der Waals surface area contributed by atoms with E-state index in [1.54, 1.807) is 12.1 Å². The third kappa shape index (κ3) is 3.88. The predicted octanol–water partition coefficient (Wildman–Crippen LogP) is 0.366. The topological polar surface area (TPSA) is 43.1 Å². The zero-order chi connectivity index (χ0) is 13.9. The van der Waals surface area contributed by atoms with Gasteiger partial charge in [-0.2, -0.15) is 0 Å². The average molecular weight is 337 g/mol. The van der Waals surface area contributed by atoms with Crippen LogP contribution in [0.2, 0.25) is 0 Å². The summed E-state index contributed by atoms with van der Waals surface area (Å²) in [7, 11) is 4.10. The zero-order valence-electron chi connectivity index (χ0n) is 11.5. The first kappa shape index (κ1) is 16.3. The van der Waals surface area contributed by atoms with E-state index in [1.165, 1.54) is 11.6 Å². The molecule has 0 atom stereocenters. The van der Waals surface area contributed by atoms with Gasteiger partial charge in [0.1, 0.15) is 12.2 Å². The highest BCUT2D eigenvalue weighted by Gasteiger charge is 2.21. The van der Waals surface area contributed by atoms with Gasteiger partial charge in [-0.1, -0.05) is 30.3 Å². The third-order valence-electron chi connectivity index (χ3n) is 3.16. The van der Waals surface area contributed by atoms with Crippen LogP contribution >= 0.6 is 0 Å². The lowest BCUT2D eigenvalue weighted by molar-refractivity contribution is -0.384. The van der Waals surface area contributed by atoms with Gasteiger partial charge in [-0.25, -0.2) is 0 Å². The van der Waals surface area contributed by atoms with Gasteiger partial charge in [-0.3, -0.25) is 14.6 Å². The Bertz CT molecular complexity index is 585. The molecule has 0 N–H and O–H groups in total. The number of rotatable bonds is 4. The van der Waals surface area contributed by atoms with Crippen molar-refractivity contribution in [2.24, 2.45) is 0 Å². The molecule has 0 aliphatic rings. The molecule has 2 aromatic carbocycles. The maximum Gasteiger partial charge on any atom is 0.275 e. The van der Waals surface area contributed by atoms with Crippen molar-refractivity contribution >= 4 is 11.4 Å². The van der Waals surface area contributed by atoms with Crippen LogP contribution in [-0.2, 0) is 6.54 Å². The van der Waals surface area contributed by atoms with E-state index in [0.29, 0.717) is 4.48 Å². The van der Waals surface area contributed by atoms with Crippen molar-refractivity contribution in [1.82, 2.24) is 4.48 Å². The summed E-state index contributed by atoms with van der Waals surface area (Å²) in [5.74, 6) is 0. The Morgan fingerprint density at radius 3 is 2.30 bits per heavy atom. The Morgan fingerprint density at radius 1 is 1.05 bits per heavy atom. The van der Waals surface area contributed by atoms with E-state index in [9.17, 15) is 10.1 Å². The van der Waals surface area contributed by atoms with Crippen LogP contribution in [0.3, 0.4) is 0 Å². The largest absolute Gasteiger partial charge is 1.00 e. The SMILES string of the molecule is C[N+](C)(Cc1ccccc1)c1cccc([N+](=O)[O-])c1.[Br-]. The van der Waals surface area contributed by atoms with Crippen molar-refractivity contribution in [3.05, 3.63) is 70.3 Å². The molecule has 20 heavy (non-hydrogen) atoms. The van der Waals surface area contributed by atoms with Crippen molar-refractivity contribution < 1.29 is 21.9 Å². The van der Waals surface area contributed by atoms with Gasteiger partial charge in [0.15, 0.2) is 0 Å². The molecule has 0 aliphatic carbocycles. The summed E-state index contributed by atoms with van der Waals surface area (Å²) in [4.78, 5) is 10.5. The summed E-state index contributed by atoms with van der Waals surface area (Å²) in [6, 6.07) is 16.9. The maximum atomic E-state index is 10.8. The van der Waals surface area contributed by atoms with E-state index in [2.05, 4.69) is 12.1 Å². The number of non-ortho nitro benzene ring substituents is 1. The second-order valence-electron chi connectivity index (χ2n) is 5.11. The molecular formula is C15H17BrN2O2. The molecule has 0 radical (unpaired) electrons. The van der Waals surface area contributed by atoms with E-state index in [0.717, 1.165) is 12.2 Å². The molecule has 0 heterocycles. The number of hydrogen-bond donors (Lipinski definition) is 0. The Balaban J connectivity index is 0.00000200. The molecule has 0 spiro atoms. The molecule has 0 bridgehead atoms. The fraction of sp³-hybridized carbons (Fsp3) is 0.200. The summed E-state index contributed by atoms with van der Waals surface area (Å²) < 4.78 is 0.575. The summed E-state index contributed by atoms with van der Waals surface area (Å²) in [6.07, 6.45) is 0. The number of nitrogens with zero attached hydrogens (tertiary/aromatic N) is 2. The lowest BCUT2D eigenvalue weighted by atomic mass is 10.1. The monoisotopic (exact) mass is 336 g/mol. The first-order valence-electron chi connectivity index (χ1n) is 6.11. The number of halogens is 1. The van der Waals surface area contributed by atoms with Gasteiger partial charge in [0, 0.05) is 11.6 Å². The lowest BCUT2D eigenvalue weighted by Crippen LogP contribution is -3.00.